The molecule has 4 heterocycles. The quantitative estimate of drug-likeness (QED) is 0.854. The molecule has 3 saturated heterocycles. The minimum atomic E-state index is 0.609. The molecule has 1 N–H and O–H groups in total. The Bertz CT molecular complexity index is 371. The van der Waals surface area contributed by atoms with Gasteiger partial charge in [-0.3, -0.25) is 9.80 Å². The molecule has 3 aliphatic heterocycles. The van der Waals surface area contributed by atoms with Gasteiger partial charge in [0, 0.05) is 44.8 Å². The van der Waals surface area contributed by atoms with Crippen molar-refractivity contribution in [2.45, 2.75) is 31.8 Å². The number of nitrogens with zero attached hydrogens (tertiary/aromatic N) is 2. The highest BCUT2D eigenvalue weighted by Gasteiger charge is 2.36. The third kappa shape index (κ3) is 3.19. The Morgan fingerprint density at radius 2 is 2.21 bits per heavy atom. The monoisotopic (exact) mass is 279 g/mol. The van der Waals surface area contributed by atoms with Gasteiger partial charge in [0.05, 0.1) is 0 Å². The van der Waals surface area contributed by atoms with E-state index in [9.17, 15) is 0 Å². The van der Waals surface area contributed by atoms with E-state index in [1.165, 1.54) is 51.1 Å². The van der Waals surface area contributed by atoms with E-state index in [2.05, 4.69) is 38.9 Å². The van der Waals surface area contributed by atoms with Crippen molar-refractivity contribution < 1.29 is 0 Å². The van der Waals surface area contributed by atoms with Gasteiger partial charge in [-0.15, -0.1) is 0 Å². The summed E-state index contributed by atoms with van der Waals surface area (Å²) in [6.07, 6.45) is 2.40. The molecular weight excluding hydrogens is 254 g/mol. The molecule has 0 spiro atoms. The first-order valence-electron chi connectivity index (χ1n) is 7.57. The topological polar surface area (TPSA) is 18.5 Å². The summed E-state index contributed by atoms with van der Waals surface area (Å²) in [6, 6.07) is 3.59. The van der Waals surface area contributed by atoms with Crippen LogP contribution in [0.15, 0.2) is 16.8 Å². The lowest BCUT2D eigenvalue weighted by atomic mass is 9.95. The van der Waals surface area contributed by atoms with Crippen LogP contribution in [0.3, 0.4) is 0 Å². The molecule has 2 atom stereocenters. The van der Waals surface area contributed by atoms with Gasteiger partial charge in [0.25, 0.3) is 0 Å². The van der Waals surface area contributed by atoms with E-state index in [1.807, 2.05) is 11.3 Å². The molecule has 19 heavy (non-hydrogen) atoms. The lowest BCUT2D eigenvalue weighted by molar-refractivity contribution is -0.00308. The van der Waals surface area contributed by atoms with E-state index in [1.54, 1.807) is 0 Å². The van der Waals surface area contributed by atoms with E-state index in [0.29, 0.717) is 12.1 Å². The first kappa shape index (κ1) is 13.6. The number of hydrogen-bond acceptors (Lipinski definition) is 4. The van der Waals surface area contributed by atoms with Crippen LogP contribution in [0.5, 0.6) is 0 Å². The zero-order valence-corrected chi connectivity index (χ0v) is 12.7. The van der Waals surface area contributed by atoms with Crippen molar-refractivity contribution in [3.63, 3.8) is 0 Å². The van der Waals surface area contributed by atoms with E-state index in [4.69, 9.17) is 0 Å². The van der Waals surface area contributed by atoms with Gasteiger partial charge in [0.1, 0.15) is 0 Å². The minimum Gasteiger partial charge on any atom is -0.312 e. The maximum atomic E-state index is 3.80. The van der Waals surface area contributed by atoms with E-state index < -0.39 is 0 Å². The van der Waals surface area contributed by atoms with E-state index in [0.717, 1.165) is 6.54 Å². The molecule has 3 fully saturated rings. The van der Waals surface area contributed by atoms with Crippen LogP contribution in [0.4, 0.5) is 0 Å². The van der Waals surface area contributed by atoms with Crippen molar-refractivity contribution in [2.24, 2.45) is 0 Å². The molecule has 4 heteroatoms. The van der Waals surface area contributed by atoms with Crippen molar-refractivity contribution in [1.29, 1.82) is 0 Å². The molecule has 0 amide bonds. The summed E-state index contributed by atoms with van der Waals surface area (Å²) in [5.41, 5.74) is 1.50. The van der Waals surface area contributed by atoms with Gasteiger partial charge >= 0.3 is 0 Å². The highest BCUT2D eigenvalue weighted by atomic mass is 32.1. The molecule has 2 bridgehead atoms. The second-order valence-electron chi connectivity index (χ2n) is 5.80. The van der Waals surface area contributed by atoms with Gasteiger partial charge in [-0.2, -0.15) is 11.3 Å². The average molecular weight is 279 g/mol. The smallest absolute Gasteiger partial charge is 0.0380 e. The Kier molecular flexibility index (Phi) is 4.53. The molecule has 0 radical (unpaired) electrons. The summed E-state index contributed by atoms with van der Waals surface area (Å²) in [5.74, 6) is 0. The van der Waals surface area contributed by atoms with Crippen molar-refractivity contribution in [3.8, 4) is 0 Å². The number of rotatable bonds is 6. The molecule has 3 nitrogen and oxygen atoms in total. The summed E-state index contributed by atoms with van der Waals surface area (Å²) in [6.45, 7) is 9.72. The molecule has 2 unspecified atom stereocenters. The maximum absolute atomic E-state index is 3.80. The lowest BCUT2D eigenvalue weighted by Gasteiger charge is -2.50. The summed E-state index contributed by atoms with van der Waals surface area (Å²) in [7, 11) is 0. The van der Waals surface area contributed by atoms with Crippen molar-refractivity contribution in [1.82, 2.24) is 15.1 Å². The average Bonchev–Trinajstić information content (AvgIpc) is 2.97. The van der Waals surface area contributed by atoms with Crippen LogP contribution >= 0.6 is 11.3 Å². The van der Waals surface area contributed by atoms with Crippen molar-refractivity contribution >= 4 is 11.3 Å². The van der Waals surface area contributed by atoms with Crippen molar-refractivity contribution in [3.05, 3.63) is 22.4 Å². The highest BCUT2D eigenvalue weighted by Crippen LogP contribution is 2.21. The standard InChI is InChI=1S/C15H25N3S/c1-2-4-16-14(10-13-3-9-19-12-13)15-11-17-5-7-18(15)8-6-17/h3,9,12,14-16H,2,4-8,10-11H2,1H3. The van der Waals surface area contributed by atoms with Gasteiger partial charge in [0.2, 0.25) is 0 Å². The number of hydrogen-bond donors (Lipinski definition) is 1. The fourth-order valence-electron chi connectivity index (χ4n) is 3.38. The minimum absolute atomic E-state index is 0.609. The zero-order chi connectivity index (χ0) is 13.1. The van der Waals surface area contributed by atoms with E-state index >= 15 is 0 Å². The van der Waals surface area contributed by atoms with Crippen LogP contribution in [0.1, 0.15) is 18.9 Å². The molecule has 0 aromatic carbocycles. The van der Waals surface area contributed by atoms with E-state index in [-0.39, 0.29) is 0 Å². The Balaban J connectivity index is 1.67. The number of fused-ring (bicyclic) bond motifs is 3. The Morgan fingerprint density at radius 3 is 2.79 bits per heavy atom. The van der Waals surface area contributed by atoms with Gasteiger partial charge in [0.15, 0.2) is 0 Å². The van der Waals surface area contributed by atoms with Gasteiger partial charge in [-0.1, -0.05) is 6.92 Å². The first-order chi connectivity index (χ1) is 9.36. The van der Waals surface area contributed by atoms with Crippen LogP contribution in [-0.2, 0) is 6.42 Å². The van der Waals surface area contributed by atoms with Crippen LogP contribution in [0.25, 0.3) is 0 Å². The second kappa shape index (κ2) is 6.35. The molecule has 4 rings (SSSR count). The van der Waals surface area contributed by atoms with Gasteiger partial charge < -0.3 is 5.32 Å². The molecule has 106 valence electrons. The fraction of sp³-hybridized carbons (Fsp3) is 0.733. The molecular formula is C15H25N3S. The van der Waals surface area contributed by atoms with Crippen LogP contribution in [0.2, 0.25) is 0 Å². The maximum Gasteiger partial charge on any atom is 0.0380 e. The number of nitrogens with one attached hydrogen (secondary N) is 1. The Hall–Kier alpha value is -0.420. The lowest BCUT2D eigenvalue weighted by Crippen LogP contribution is -2.66. The normalized spacial score (nSPS) is 31.5. The predicted molar refractivity (Wildman–Crippen MR) is 81.9 cm³/mol. The SMILES string of the molecule is CCCNC(Cc1ccsc1)C1CN2CCN1CC2. The molecule has 1 aromatic heterocycles. The van der Waals surface area contributed by atoms with Gasteiger partial charge in [-0.05, 0) is 41.8 Å². The Morgan fingerprint density at radius 1 is 1.37 bits per heavy atom. The molecule has 0 aliphatic carbocycles. The van der Waals surface area contributed by atoms with Crippen LogP contribution in [0, 0.1) is 0 Å². The number of piperazine rings is 3. The zero-order valence-electron chi connectivity index (χ0n) is 11.8. The van der Waals surface area contributed by atoms with Crippen LogP contribution < -0.4 is 5.32 Å². The number of thiophene rings is 1. The van der Waals surface area contributed by atoms with Crippen molar-refractivity contribution in [2.75, 3.05) is 39.3 Å². The second-order valence-corrected chi connectivity index (χ2v) is 6.58. The first-order valence-corrected chi connectivity index (χ1v) is 8.52. The Labute approximate surface area is 120 Å². The summed E-state index contributed by atoms with van der Waals surface area (Å²) >= 11 is 1.82. The fourth-order valence-corrected chi connectivity index (χ4v) is 4.06. The summed E-state index contributed by atoms with van der Waals surface area (Å²) in [4.78, 5) is 5.35. The largest absolute Gasteiger partial charge is 0.312 e. The predicted octanol–water partition coefficient (Wildman–Crippen LogP) is 1.66. The summed E-state index contributed by atoms with van der Waals surface area (Å²) in [5, 5.41) is 8.30. The molecule has 3 aliphatic rings. The summed E-state index contributed by atoms with van der Waals surface area (Å²) < 4.78 is 0. The van der Waals surface area contributed by atoms with Gasteiger partial charge in [-0.25, -0.2) is 0 Å². The highest BCUT2D eigenvalue weighted by molar-refractivity contribution is 7.07. The molecule has 0 saturated carbocycles. The van der Waals surface area contributed by atoms with Crippen LogP contribution in [-0.4, -0.2) is 61.2 Å². The third-order valence-corrected chi connectivity index (χ3v) is 5.21. The molecule has 1 aromatic rings. The third-order valence-electron chi connectivity index (χ3n) is 4.48.